The first kappa shape index (κ1) is 16.1. The highest BCUT2D eigenvalue weighted by atomic mass is 16.5. The number of nitrogens with zero attached hydrogens (tertiary/aromatic N) is 2. The van der Waals surface area contributed by atoms with Crippen LogP contribution in [0.25, 0.3) is 10.9 Å². The van der Waals surface area contributed by atoms with Crippen molar-refractivity contribution in [3.8, 4) is 11.5 Å². The summed E-state index contributed by atoms with van der Waals surface area (Å²) in [6.45, 7) is 5.92. The Morgan fingerprint density at radius 1 is 0.909 bits per heavy atom. The Kier molecular flexibility index (Phi) is 5.63. The van der Waals surface area contributed by atoms with Gasteiger partial charge in [-0.05, 0) is 18.9 Å². The number of aromatic nitrogens is 2. The largest absolute Gasteiger partial charge is 0.493 e. The topological polar surface area (TPSA) is 68.3 Å². The lowest BCUT2D eigenvalue weighted by Crippen LogP contribution is -2.09. The van der Waals surface area contributed by atoms with E-state index in [0.29, 0.717) is 17.4 Å². The summed E-state index contributed by atoms with van der Waals surface area (Å²) in [7, 11) is 3.25. The molecule has 6 nitrogen and oxygen atoms in total. The minimum atomic E-state index is 0.625. The maximum atomic E-state index is 5.37. The fourth-order valence-electron chi connectivity index (χ4n) is 2.15. The minimum absolute atomic E-state index is 0.625. The summed E-state index contributed by atoms with van der Waals surface area (Å²) in [5.74, 6) is 2.77. The first-order chi connectivity index (χ1) is 10.7. The van der Waals surface area contributed by atoms with Gasteiger partial charge in [0.1, 0.15) is 5.82 Å². The smallest absolute Gasteiger partial charge is 0.225 e. The average Bonchev–Trinajstić information content (AvgIpc) is 2.56. The van der Waals surface area contributed by atoms with Crippen LogP contribution in [0.3, 0.4) is 0 Å². The normalized spacial score (nSPS) is 10.5. The number of nitrogens with one attached hydrogen (secondary N) is 2. The fraction of sp³-hybridized carbons (Fsp3) is 0.500. The molecule has 6 heteroatoms. The molecule has 2 aromatic rings. The Labute approximate surface area is 131 Å². The van der Waals surface area contributed by atoms with Crippen molar-refractivity contribution < 1.29 is 9.47 Å². The van der Waals surface area contributed by atoms with E-state index in [1.807, 2.05) is 12.1 Å². The molecule has 0 saturated heterocycles. The van der Waals surface area contributed by atoms with E-state index in [1.54, 1.807) is 14.2 Å². The first-order valence-corrected chi connectivity index (χ1v) is 7.65. The highest BCUT2D eigenvalue weighted by Crippen LogP contribution is 2.34. The van der Waals surface area contributed by atoms with E-state index in [-0.39, 0.29) is 0 Å². The second-order valence-electron chi connectivity index (χ2n) is 4.97. The molecule has 0 spiro atoms. The van der Waals surface area contributed by atoms with Crippen LogP contribution >= 0.6 is 0 Å². The van der Waals surface area contributed by atoms with E-state index in [1.165, 1.54) is 0 Å². The second kappa shape index (κ2) is 7.68. The van der Waals surface area contributed by atoms with Gasteiger partial charge >= 0.3 is 0 Å². The number of fused-ring (bicyclic) bond motifs is 1. The van der Waals surface area contributed by atoms with Crippen molar-refractivity contribution in [2.75, 3.05) is 37.9 Å². The lowest BCUT2D eigenvalue weighted by atomic mass is 10.2. The Bertz CT molecular complexity index is 631. The number of hydrogen-bond donors (Lipinski definition) is 2. The molecule has 1 aromatic heterocycles. The van der Waals surface area contributed by atoms with Crippen LogP contribution in [0.15, 0.2) is 12.1 Å². The van der Waals surface area contributed by atoms with Gasteiger partial charge in [0.25, 0.3) is 0 Å². The van der Waals surface area contributed by atoms with E-state index in [2.05, 4.69) is 34.4 Å². The highest BCUT2D eigenvalue weighted by molar-refractivity contribution is 5.92. The second-order valence-corrected chi connectivity index (χ2v) is 4.97. The zero-order valence-corrected chi connectivity index (χ0v) is 13.7. The quantitative estimate of drug-likeness (QED) is 0.780. The molecule has 0 aliphatic carbocycles. The molecular weight excluding hydrogens is 280 g/mol. The Morgan fingerprint density at radius 3 is 2.18 bits per heavy atom. The molecule has 0 amide bonds. The molecule has 0 bridgehead atoms. The number of rotatable bonds is 8. The van der Waals surface area contributed by atoms with E-state index < -0.39 is 0 Å². The molecule has 0 aliphatic heterocycles. The van der Waals surface area contributed by atoms with E-state index in [4.69, 9.17) is 9.47 Å². The molecule has 0 atom stereocenters. The number of benzene rings is 1. The third-order valence-electron chi connectivity index (χ3n) is 3.28. The van der Waals surface area contributed by atoms with Gasteiger partial charge in [-0.2, -0.15) is 4.98 Å². The van der Waals surface area contributed by atoms with Crippen molar-refractivity contribution in [3.05, 3.63) is 12.1 Å². The fourth-order valence-corrected chi connectivity index (χ4v) is 2.15. The Hall–Kier alpha value is -2.24. The molecule has 1 heterocycles. The zero-order chi connectivity index (χ0) is 15.9. The minimum Gasteiger partial charge on any atom is -0.493 e. The zero-order valence-electron chi connectivity index (χ0n) is 13.7. The van der Waals surface area contributed by atoms with Crippen LogP contribution in [0.1, 0.15) is 26.7 Å². The van der Waals surface area contributed by atoms with Gasteiger partial charge in [0.15, 0.2) is 11.5 Å². The van der Waals surface area contributed by atoms with E-state index >= 15 is 0 Å². The molecule has 1 aromatic carbocycles. The number of ether oxygens (including phenoxy) is 2. The first-order valence-electron chi connectivity index (χ1n) is 7.65. The van der Waals surface area contributed by atoms with Gasteiger partial charge in [0, 0.05) is 24.5 Å². The summed E-state index contributed by atoms with van der Waals surface area (Å²) in [6, 6.07) is 3.79. The van der Waals surface area contributed by atoms with Crippen molar-refractivity contribution in [2.24, 2.45) is 0 Å². The van der Waals surface area contributed by atoms with Crippen LogP contribution in [0.5, 0.6) is 11.5 Å². The maximum absolute atomic E-state index is 5.37. The van der Waals surface area contributed by atoms with Crippen molar-refractivity contribution in [1.82, 2.24) is 9.97 Å². The van der Waals surface area contributed by atoms with Gasteiger partial charge < -0.3 is 20.1 Å². The molecular formula is C16H24N4O2. The summed E-state index contributed by atoms with van der Waals surface area (Å²) >= 11 is 0. The molecule has 120 valence electrons. The van der Waals surface area contributed by atoms with Crippen LogP contribution in [0, 0.1) is 0 Å². The van der Waals surface area contributed by atoms with Gasteiger partial charge in [-0.3, -0.25) is 0 Å². The van der Waals surface area contributed by atoms with Crippen LogP contribution in [0.4, 0.5) is 11.8 Å². The van der Waals surface area contributed by atoms with Crippen LogP contribution < -0.4 is 20.1 Å². The molecule has 0 saturated carbocycles. The predicted molar refractivity (Wildman–Crippen MR) is 90.2 cm³/mol. The number of methoxy groups -OCH3 is 2. The molecule has 2 rings (SSSR count). The summed E-state index contributed by atoms with van der Waals surface area (Å²) in [5, 5.41) is 7.51. The van der Waals surface area contributed by atoms with Crippen LogP contribution in [-0.2, 0) is 0 Å². The van der Waals surface area contributed by atoms with E-state index in [9.17, 15) is 0 Å². The van der Waals surface area contributed by atoms with Gasteiger partial charge in [-0.25, -0.2) is 4.98 Å². The van der Waals surface area contributed by atoms with Gasteiger partial charge in [-0.1, -0.05) is 13.8 Å². The lowest BCUT2D eigenvalue weighted by molar-refractivity contribution is 0.356. The predicted octanol–water partition coefficient (Wildman–Crippen LogP) is 3.29. The number of anilines is 2. The molecule has 0 radical (unpaired) electrons. The van der Waals surface area contributed by atoms with Crippen molar-refractivity contribution in [3.63, 3.8) is 0 Å². The summed E-state index contributed by atoms with van der Waals surface area (Å²) in [6.07, 6.45) is 2.04. The van der Waals surface area contributed by atoms with Gasteiger partial charge in [0.05, 0.1) is 19.7 Å². The number of hydrogen-bond acceptors (Lipinski definition) is 6. The molecule has 2 N–H and O–H groups in total. The average molecular weight is 304 g/mol. The van der Waals surface area contributed by atoms with Gasteiger partial charge in [0.2, 0.25) is 5.95 Å². The molecule has 0 unspecified atom stereocenters. The lowest BCUT2D eigenvalue weighted by Gasteiger charge is -2.14. The summed E-state index contributed by atoms with van der Waals surface area (Å²) in [4.78, 5) is 9.14. The highest BCUT2D eigenvalue weighted by Gasteiger charge is 2.12. The van der Waals surface area contributed by atoms with E-state index in [0.717, 1.165) is 42.7 Å². The van der Waals surface area contributed by atoms with Crippen molar-refractivity contribution in [1.29, 1.82) is 0 Å². The van der Waals surface area contributed by atoms with Crippen molar-refractivity contribution in [2.45, 2.75) is 26.7 Å². The van der Waals surface area contributed by atoms with Crippen molar-refractivity contribution >= 4 is 22.7 Å². The monoisotopic (exact) mass is 304 g/mol. The Morgan fingerprint density at radius 2 is 1.55 bits per heavy atom. The third kappa shape index (κ3) is 3.50. The van der Waals surface area contributed by atoms with Crippen LogP contribution in [0.2, 0.25) is 0 Å². The standard InChI is InChI=1S/C16H24N4O2/c1-5-7-17-15-11-9-13(21-3)14(22-4)10-12(11)19-16(20-15)18-8-6-2/h9-10H,5-8H2,1-4H3,(H2,17,18,19,20). The SMILES string of the molecule is CCCNc1nc(NCCC)c2cc(OC)c(OC)cc2n1. The van der Waals surface area contributed by atoms with Gasteiger partial charge in [-0.15, -0.1) is 0 Å². The molecule has 22 heavy (non-hydrogen) atoms. The third-order valence-corrected chi connectivity index (χ3v) is 3.28. The molecule has 0 aliphatic rings. The molecule has 0 fully saturated rings. The summed E-state index contributed by atoms with van der Waals surface area (Å²) < 4.78 is 10.7. The Balaban J connectivity index is 2.54. The van der Waals surface area contributed by atoms with Crippen LogP contribution in [-0.4, -0.2) is 37.3 Å². The summed E-state index contributed by atoms with van der Waals surface area (Å²) in [5.41, 5.74) is 0.824. The maximum Gasteiger partial charge on any atom is 0.225 e.